The highest BCUT2D eigenvalue weighted by Crippen LogP contribution is 2.24. The molecule has 0 saturated carbocycles. The minimum absolute atomic E-state index is 0.124. The molecule has 0 atom stereocenters. The van der Waals surface area contributed by atoms with Crippen LogP contribution in [0, 0.1) is 0 Å². The second-order valence-electron chi connectivity index (χ2n) is 8.43. The van der Waals surface area contributed by atoms with Crippen LogP contribution in [-0.4, -0.2) is 67.5 Å². The predicted molar refractivity (Wildman–Crippen MR) is 138 cm³/mol. The molecule has 13 heteroatoms. The fourth-order valence-corrected chi connectivity index (χ4v) is 3.82. The number of rotatable bonds is 9. The van der Waals surface area contributed by atoms with Gasteiger partial charge in [-0.1, -0.05) is 42.5 Å². The number of carbonyl (C=O) groups excluding carboxylic acids is 1. The first-order valence-electron chi connectivity index (χ1n) is 12.1. The lowest BCUT2D eigenvalue weighted by Gasteiger charge is -2.26. The normalized spacial score (nSPS) is 13.4. The molecule has 5 rings (SSSR count). The standard InChI is InChI=1S/C25H26N10O3/c1-37-24-27-23(34-13-6-3-7-14-34)28-25(29-24)38-20-12-8-9-18(15-20)16-26-30-21(36)17-35-32-22(31-33-35)19-10-4-2-5-11-19/h2,4-5,8-12,15-16H,3,6-7,13-14,17H2,1H3,(H,30,36)/b26-16-. The van der Waals surface area contributed by atoms with E-state index in [1.54, 1.807) is 18.2 Å². The fraction of sp³-hybridized carbons (Fsp3) is 0.280. The van der Waals surface area contributed by atoms with Crippen LogP contribution in [-0.2, 0) is 11.3 Å². The van der Waals surface area contributed by atoms with Gasteiger partial charge in [0, 0.05) is 18.7 Å². The van der Waals surface area contributed by atoms with Crippen molar-refractivity contribution in [2.75, 3.05) is 25.1 Å². The van der Waals surface area contributed by atoms with Gasteiger partial charge in [-0.3, -0.25) is 4.79 Å². The van der Waals surface area contributed by atoms with Gasteiger partial charge >= 0.3 is 12.0 Å². The molecule has 1 amide bonds. The monoisotopic (exact) mass is 514 g/mol. The first kappa shape index (κ1) is 24.7. The minimum Gasteiger partial charge on any atom is -0.467 e. The zero-order chi connectivity index (χ0) is 26.2. The summed E-state index contributed by atoms with van der Waals surface area (Å²) in [7, 11) is 1.51. The third-order valence-corrected chi connectivity index (χ3v) is 5.64. The Kier molecular flexibility index (Phi) is 7.72. The molecule has 1 saturated heterocycles. The number of carbonyl (C=O) groups is 1. The molecule has 0 bridgehead atoms. The molecule has 0 radical (unpaired) electrons. The lowest BCUT2D eigenvalue weighted by atomic mass is 10.1. The van der Waals surface area contributed by atoms with Crippen molar-refractivity contribution in [3.8, 4) is 29.2 Å². The predicted octanol–water partition coefficient (Wildman–Crippen LogP) is 2.47. The van der Waals surface area contributed by atoms with Gasteiger partial charge in [0.1, 0.15) is 12.3 Å². The van der Waals surface area contributed by atoms with Crippen molar-refractivity contribution in [3.63, 3.8) is 0 Å². The highest BCUT2D eigenvalue weighted by atomic mass is 16.5. The van der Waals surface area contributed by atoms with E-state index in [4.69, 9.17) is 9.47 Å². The third kappa shape index (κ3) is 6.43. The van der Waals surface area contributed by atoms with Crippen molar-refractivity contribution in [2.24, 2.45) is 5.10 Å². The lowest BCUT2D eigenvalue weighted by Crippen LogP contribution is -2.31. The number of nitrogens with zero attached hydrogens (tertiary/aromatic N) is 9. The molecular weight excluding hydrogens is 488 g/mol. The Balaban J connectivity index is 1.19. The minimum atomic E-state index is -0.395. The van der Waals surface area contributed by atoms with E-state index >= 15 is 0 Å². The van der Waals surface area contributed by atoms with Gasteiger partial charge in [0.25, 0.3) is 5.91 Å². The number of aromatic nitrogens is 7. The molecule has 0 spiro atoms. The average molecular weight is 515 g/mol. The second kappa shape index (κ2) is 11.9. The largest absolute Gasteiger partial charge is 0.467 e. The van der Waals surface area contributed by atoms with Crippen LogP contribution in [0.15, 0.2) is 59.7 Å². The summed E-state index contributed by atoms with van der Waals surface area (Å²) in [5, 5.41) is 16.1. The smallest absolute Gasteiger partial charge is 0.330 e. The quantitative estimate of drug-likeness (QED) is 0.261. The van der Waals surface area contributed by atoms with Crippen molar-refractivity contribution in [3.05, 3.63) is 60.2 Å². The number of nitrogens with one attached hydrogen (secondary N) is 1. The van der Waals surface area contributed by atoms with Crippen molar-refractivity contribution in [1.29, 1.82) is 0 Å². The Bertz CT molecular complexity index is 1400. The van der Waals surface area contributed by atoms with E-state index in [1.807, 2.05) is 36.4 Å². The maximum atomic E-state index is 12.3. The molecule has 0 aliphatic carbocycles. The van der Waals surface area contributed by atoms with Gasteiger partial charge in [0.05, 0.1) is 13.3 Å². The van der Waals surface area contributed by atoms with E-state index in [0.29, 0.717) is 23.1 Å². The number of methoxy groups -OCH3 is 1. The van der Waals surface area contributed by atoms with Crippen molar-refractivity contribution >= 4 is 18.1 Å². The Labute approximate surface area is 218 Å². The summed E-state index contributed by atoms with van der Waals surface area (Å²) in [4.78, 5) is 28.6. The number of amides is 1. The van der Waals surface area contributed by atoms with Crippen LogP contribution < -0.4 is 19.8 Å². The van der Waals surface area contributed by atoms with Crippen molar-refractivity contribution < 1.29 is 14.3 Å². The Morgan fingerprint density at radius 2 is 1.84 bits per heavy atom. The summed E-state index contributed by atoms with van der Waals surface area (Å²) in [6, 6.07) is 16.9. The number of benzene rings is 2. The van der Waals surface area contributed by atoms with Gasteiger partial charge in [-0.05, 0) is 42.2 Å². The van der Waals surface area contributed by atoms with Gasteiger partial charge in [0.15, 0.2) is 0 Å². The molecule has 13 nitrogen and oxygen atoms in total. The van der Waals surface area contributed by atoms with Crippen molar-refractivity contribution in [2.45, 2.75) is 25.8 Å². The second-order valence-corrected chi connectivity index (χ2v) is 8.43. The van der Waals surface area contributed by atoms with Gasteiger partial charge in [-0.2, -0.15) is 19.9 Å². The van der Waals surface area contributed by atoms with Crippen LogP contribution in [0.1, 0.15) is 24.8 Å². The number of tetrazole rings is 1. The van der Waals surface area contributed by atoms with Crippen LogP contribution >= 0.6 is 0 Å². The van der Waals surface area contributed by atoms with Crippen LogP contribution in [0.2, 0.25) is 0 Å². The Morgan fingerprint density at radius 1 is 1.03 bits per heavy atom. The summed E-state index contributed by atoms with van der Waals surface area (Å²) in [6.45, 7) is 1.64. The first-order valence-corrected chi connectivity index (χ1v) is 12.1. The summed E-state index contributed by atoms with van der Waals surface area (Å²) >= 11 is 0. The van der Waals surface area contributed by atoms with Gasteiger partial charge in [-0.25, -0.2) is 5.43 Å². The summed E-state index contributed by atoms with van der Waals surface area (Å²) in [5.41, 5.74) is 3.98. The molecule has 1 aliphatic heterocycles. The zero-order valence-electron chi connectivity index (χ0n) is 20.8. The fourth-order valence-electron chi connectivity index (χ4n) is 3.82. The third-order valence-electron chi connectivity index (χ3n) is 5.64. The molecule has 1 aliphatic rings. The maximum absolute atomic E-state index is 12.3. The molecule has 38 heavy (non-hydrogen) atoms. The number of hydrazone groups is 1. The summed E-state index contributed by atoms with van der Waals surface area (Å²) in [5.74, 6) is 1.08. The lowest BCUT2D eigenvalue weighted by molar-refractivity contribution is -0.122. The van der Waals surface area contributed by atoms with E-state index < -0.39 is 5.91 Å². The van der Waals surface area contributed by atoms with Gasteiger partial charge in [0.2, 0.25) is 11.8 Å². The Hall–Kier alpha value is -4.94. The maximum Gasteiger partial charge on any atom is 0.330 e. The van der Waals surface area contributed by atoms with E-state index in [1.165, 1.54) is 24.5 Å². The first-order chi connectivity index (χ1) is 18.7. The number of ether oxygens (including phenoxy) is 2. The number of anilines is 1. The molecule has 1 fully saturated rings. The molecule has 2 aromatic carbocycles. The van der Waals surface area contributed by atoms with Crippen LogP contribution in [0.3, 0.4) is 0 Å². The van der Waals surface area contributed by atoms with E-state index in [0.717, 1.165) is 31.5 Å². The van der Waals surface area contributed by atoms with E-state index in [9.17, 15) is 4.79 Å². The summed E-state index contributed by atoms with van der Waals surface area (Å²) < 4.78 is 11.1. The Morgan fingerprint density at radius 3 is 2.66 bits per heavy atom. The van der Waals surface area contributed by atoms with Crippen molar-refractivity contribution in [1.82, 2.24) is 40.6 Å². The van der Waals surface area contributed by atoms with E-state index in [-0.39, 0.29) is 18.6 Å². The molecule has 1 N–H and O–H groups in total. The average Bonchev–Trinajstić information content (AvgIpc) is 3.42. The number of hydrogen-bond acceptors (Lipinski definition) is 11. The number of hydrogen-bond donors (Lipinski definition) is 1. The molecular formula is C25H26N10O3. The van der Waals surface area contributed by atoms with Gasteiger partial charge < -0.3 is 14.4 Å². The molecule has 194 valence electrons. The van der Waals surface area contributed by atoms with Crippen LogP contribution in [0.4, 0.5) is 5.95 Å². The van der Waals surface area contributed by atoms with Crippen LogP contribution in [0.25, 0.3) is 11.4 Å². The SMILES string of the molecule is COc1nc(Oc2cccc(/C=N\NC(=O)Cn3nnc(-c4ccccc4)n3)c2)nc(N2CCCCC2)n1. The molecule has 0 unspecified atom stereocenters. The van der Waals surface area contributed by atoms with Gasteiger partial charge in [-0.15, -0.1) is 15.2 Å². The number of piperidine rings is 1. The van der Waals surface area contributed by atoms with Crippen LogP contribution in [0.5, 0.6) is 17.8 Å². The van der Waals surface area contributed by atoms with E-state index in [2.05, 4.69) is 45.8 Å². The topological polar surface area (TPSA) is 145 Å². The highest BCUT2D eigenvalue weighted by molar-refractivity contribution is 5.82. The molecule has 4 aromatic rings. The molecule has 3 heterocycles. The molecule has 2 aromatic heterocycles. The zero-order valence-corrected chi connectivity index (χ0v) is 20.8. The highest BCUT2D eigenvalue weighted by Gasteiger charge is 2.17. The summed E-state index contributed by atoms with van der Waals surface area (Å²) in [6.07, 6.45) is 4.88.